The molecule has 1 aromatic rings. The Morgan fingerprint density at radius 2 is 1.95 bits per heavy atom. The van der Waals surface area contributed by atoms with Gasteiger partial charge in [-0.2, -0.15) is 0 Å². The van der Waals surface area contributed by atoms with Crippen LogP contribution in [-0.4, -0.2) is 28.9 Å². The summed E-state index contributed by atoms with van der Waals surface area (Å²) < 4.78 is 0. The summed E-state index contributed by atoms with van der Waals surface area (Å²) in [5, 5.41) is 5.52. The van der Waals surface area contributed by atoms with Gasteiger partial charge in [0.25, 0.3) is 0 Å². The van der Waals surface area contributed by atoms with E-state index in [-0.39, 0.29) is 30.2 Å². The average Bonchev–Trinajstić information content (AvgIpc) is 2.29. The van der Waals surface area contributed by atoms with Crippen molar-refractivity contribution < 1.29 is 9.59 Å². The molecule has 0 saturated carbocycles. The van der Waals surface area contributed by atoms with Crippen molar-refractivity contribution in [1.82, 2.24) is 15.6 Å². The zero-order chi connectivity index (χ0) is 15.2. The lowest BCUT2D eigenvalue weighted by molar-refractivity contribution is -0.123. The first-order valence-corrected chi connectivity index (χ1v) is 6.54. The minimum absolute atomic E-state index is 0.0802. The highest BCUT2D eigenvalue weighted by molar-refractivity contribution is 5.80. The Bertz CT molecular complexity index is 463. The molecular formula is C14H22N4O2. The number of nitrogens with two attached hydrogens (primary N) is 1. The van der Waals surface area contributed by atoms with Gasteiger partial charge < -0.3 is 16.4 Å². The summed E-state index contributed by atoms with van der Waals surface area (Å²) in [4.78, 5) is 27.2. The van der Waals surface area contributed by atoms with Crippen molar-refractivity contribution in [2.45, 2.75) is 39.2 Å². The molecule has 0 atom stereocenters. The maximum absolute atomic E-state index is 11.7. The van der Waals surface area contributed by atoms with Crippen molar-refractivity contribution >= 4 is 17.5 Å². The third kappa shape index (κ3) is 6.72. The molecule has 0 spiro atoms. The van der Waals surface area contributed by atoms with Gasteiger partial charge in [0, 0.05) is 24.2 Å². The Labute approximate surface area is 119 Å². The fourth-order valence-corrected chi connectivity index (χ4v) is 1.56. The van der Waals surface area contributed by atoms with Gasteiger partial charge in [0.1, 0.15) is 0 Å². The Morgan fingerprint density at radius 1 is 1.25 bits per heavy atom. The zero-order valence-corrected chi connectivity index (χ0v) is 12.2. The predicted molar refractivity (Wildman–Crippen MR) is 77.9 cm³/mol. The van der Waals surface area contributed by atoms with Gasteiger partial charge in [0.2, 0.25) is 11.8 Å². The van der Waals surface area contributed by atoms with Crippen LogP contribution >= 0.6 is 0 Å². The maximum atomic E-state index is 11.7. The topological polar surface area (TPSA) is 97.1 Å². The van der Waals surface area contributed by atoms with Gasteiger partial charge in [0.15, 0.2) is 0 Å². The minimum atomic E-state index is -0.255. The first-order chi connectivity index (χ1) is 9.26. The number of hydrogen-bond acceptors (Lipinski definition) is 4. The number of carbonyl (C=O) groups excluding carboxylic acids is 2. The Hall–Kier alpha value is -2.11. The van der Waals surface area contributed by atoms with Crippen LogP contribution in [0.15, 0.2) is 18.3 Å². The number of hydrogen-bond donors (Lipinski definition) is 3. The number of anilines is 1. The Morgan fingerprint density at radius 3 is 2.50 bits per heavy atom. The van der Waals surface area contributed by atoms with E-state index in [1.54, 1.807) is 12.1 Å². The van der Waals surface area contributed by atoms with Crippen molar-refractivity contribution in [2.24, 2.45) is 0 Å². The van der Waals surface area contributed by atoms with E-state index < -0.39 is 0 Å². The monoisotopic (exact) mass is 278 g/mol. The quantitative estimate of drug-likeness (QED) is 0.735. The molecule has 0 aliphatic heterocycles. The largest absolute Gasteiger partial charge is 0.397 e. The predicted octanol–water partition coefficient (Wildman–Crippen LogP) is 0.627. The molecule has 2 amide bonds. The van der Waals surface area contributed by atoms with Crippen LogP contribution in [0.1, 0.15) is 32.9 Å². The third-order valence-electron chi connectivity index (χ3n) is 2.38. The summed E-state index contributed by atoms with van der Waals surface area (Å²) in [5.74, 6) is -0.241. The smallest absolute Gasteiger partial charge is 0.226 e. The second-order valence-electron chi connectivity index (χ2n) is 5.66. The first-order valence-electron chi connectivity index (χ1n) is 6.54. The molecule has 110 valence electrons. The van der Waals surface area contributed by atoms with E-state index in [0.29, 0.717) is 17.9 Å². The van der Waals surface area contributed by atoms with Crippen LogP contribution in [0.25, 0.3) is 0 Å². The van der Waals surface area contributed by atoms with E-state index >= 15 is 0 Å². The lowest BCUT2D eigenvalue weighted by Crippen LogP contribution is -2.42. The molecule has 0 aliphatic rings. The summed E-state index contributed by atoms with van der Waals surface area (Å²) in [6, 6.07) is 3.41. The number of nitrogens with zero attached hydrogens (tertiary/aromatic N) is 1. The van der Waals surface area contributed by atoms with E-state index in [0.717, 1.165) is 0 Å². The molecule has 0 bridgehead atoms. The van der Waals surface area contributed by atoms with E-state index in [4.69, 9.17) is 5.73 Å². The molecule has 0 unspecified atom stereocenters. The number of pyridine rings is 1. The van der Waals surface area contributed by atoms with E-state index in [1.807, 2.05) is 20.8 Å². The van der Waals surface area contributed by atoms with Gasteiger partial charge in [-0.15, -0.1) is 0 Å². The number of amides is 2. The zero-order valence-electron chi connectivity index (χ0n) is 12.2. The summed E-state index contributed by atoms with van der Waals surface area (Å²) in [6.45, 7) is 6.05. The fraction of sp³-hybridized carbons (Fsp3) is 0.500. The van der Waals surface area contributed by atoms with Gasteiger partial charge >= 0.3 is 0 Å². The summed E-state index contributed by atoms with van der Waals surface area (Å²) in [7, 11) is 0. The van der Waals surface area contributed by atoms with Crippen molar-refractivity contribution in [3.05, 3.63) is 24.0 Å². The van der Waals surface area contributed by atoms with Crippen LogP contribution in [-0.2, 0) is 16.0 Å². The van der Waals surface area contributed by atoms with Crippen molar-refractivity contribution in [1.29, 1.82) is 0 Å². The van der Waals surface area contributed by atoms with E-state index in [2.05, 4.69) is 15.6 Å². The highest BCUT2D eigenvalue weighted by Gasteiger charge is 2.13. The second-order valence-corrected chi connectivity index (χ2v) is 5.66. The molecule has 0 aromatic carbocycles. The van der Waals surface area contributed by atoms with Crippen LogP contribution in [0.4, 0.5) is 5.69 Å². The molecule has 1 rings (SSSR count). The molecule has 0 saturated heterocycles. The molecule has 6 nitrogen and oxygen atoms in total. The van der Waals surface area contributed by atoms with Crippen LogP contribution in [0.3, 0.4) is 0 Å². The lowest BCUT2D eigenvalue weighted by atomic mass is 10.1. The van der Waals surface area contributed by atoms with Crippen molar-refractivity contribution in [3.63, 3.8) is 0 Å². The van der Waals surface area contributed by atoms with E-state index in [1.165, 1.54) is 6.20 Å². The number of nitrogens with one attached hydrogen (secondary N) is 2. The minimum Gasteiger partial charge on any atom is -0.397 e. The highest BCUT2D eigenvalue weighted by atomic mass is 16.2. The molecular weight excluding hydrogens is 256 g/mol. The van der Waals surface area contributed by atoms with E-state index in [9.17, 15) is 9.59 Å². The number of rotatable bonds is 5. The van der Waals surface area contributed by atoms with Crippen LogP contribution in [0.5, 0.6) is 0 Å². The number of carbonyl (C=O) groups is 2. The van der Waals surface area contributed by atoms with Crippen LogP contribution < -0.4 is 16.4 Å². The summed E-state index contributed by atoms with van der Waals surface area (Å²) in [5.41, 5.74) is 6.47. The van der Waals surface area contributed by atoms with Gasteiger partial charge in [-0.1, -0.05) is 0 Å². The molecule has 1 aromatic heterocycles. The molecule has 0 fully saturated rings. The van der Waals surface area contributed by atoms with Crippen molar-refractivity contribution in [2.75, 3.05) is 12.3 Å². The van der Waals surface area contributed by atoms with Gasteiger partial charge in [-0.25, -0.2) is 0 Å². The molecule has 4 N–H and O–H groups in total. The second kappa shape index (κ2) is 6.88. The molecule has 1 heterocycles. The maximum Gasteiger partial charge on any atom is 0.226 e. The number of aromatic nitrogens is 1. The normalized spacial score (nSPS) is 10.9. The third-order valence-corrected chi connectivity index (χ3v) is 2.38. The van der Waals surface area contributed by atoms with Gasteiger partial charge in [0.05, 0.1) is 18.3 Å². The first kappa shape index (κ1) is 15.9. The Kier molecular flexibility index (Phi) is 5.49. The SMILES string of the molecule is CC(C)(C)NC(=O)CCNC(=O)Cc1ccc(N)cn1. The Balaban J connectivity index is 2.27. The van der Waals surface area contributed by atoms with Gasteiger partial charge in [-0.3, -0.25) is 14.6 Å². The molecule has 6 heteroatoms. The standard InChI is InChI=1S/C14H22N4O2/c1-14(2,3)18-12(19)6-7-16-13(20)8-11-5-4-10(15)9-17-11/h4-5,9H,6-8,15H2,1-3H3,(H,16,20)(H,18,19). The number of nitrogen functional groups attached to an aromatic ring is 1. The highest BCUT2D eigenvalue weighted by Crippen LogP contribution is 2.02. The lowest BCUT2D eigenvalue weighted by Gasteiger charge is -2.20. The molecule has 0 radical (unpaired) electrons. The fourth-order valence-electron chi connectivity index (χ4n) is 1.56. The van der Waals surface area contributed by atoms with Crippen molar-refractivity contribution in [3.8, 4) is 0 Å². The summed E-state index contributed by atoms with van der Waals surface area (Å²) >= 11 is 0. The average molecular weight is 278 g/mol. The van der Waals surface area contributed by atoms with Gasteiger partial charge in [-0.05, 0) is 32.9 Å². The van der Waals surface area contributed by atoms with Crippen LogP contribution in [0, 0.1) is 0 Å². The summed E-state index contributed by atoms with van der Waals surface area (Å²) in [6.07, 6.45) is 1.96. The molecule has 0 aliphatic carbocycles. The molecule has 20 heavy (non-hydrogen) atoms. The van der Waals surface area contributed by atoms with Crippen LogP contribution in [0.2, 0.25) is 0 Å².